The van der Waals surface area contributed by atoms with E-state index in [1.165, 1.54) is 36.0 Å². The normalized spacial score (nSPS) is 10.2. The summed E-state index contributed by atoms with van der Waals surface area (Å²) in [6.45, 7) is 0. The molecule has 0 aliphatic carbocycles. The van der Waals surface area contributed by atoms with Gasteiger partial charge in [-0.25, -0.2) is 9.18 Å². The Hall–Kier alpha value is -2.01. The molecule has 0 bridgehead atoms. The molecular weight excluding hydrogens is 267 g/mol. The minimum Gasteiger partial charge on any atom is -0.478 e. The van der Waals surface area contributed by atoms with Crippen molar-refractivity contribution in [3.8, 4) is 11.5 Å². The van der Waals surface area contributed by atoms with Gasteiger partial charge in [0.25, 0.3) is 0 Å². The third-order valence-corrected chi connectivity index (χ3v) is 3.24. The molecule has 3 nitrogen and oxygen atoms in total. The molecule has 98 valence electrons. The number of aromatic carboxylic acids is 1. The van der Waals surface area contributed by atoms with Gasteiger partial charge in [-0.1, -0.05) is 6.07 Å². The van der Waals surface area contributed by atoms with Crippen molar-refractivity contribution in [2.45, 2.75) is 4.90 Å². The molecule has 0 atom stereocenters. The van der Waals surface area contributed by atoms with Crippen LogP contribution in [0.4, 0.5) is 4.39 Å². The quantitative estimate of drug-likeness (QED) is 0.857. The summed E-state index contributed by atoms with van der Waals surface area (Å²) in [4.78, 5) is 11.9. The van der Waals surface area contributed by atoms with Crippen LogP contribution in [0.1, 0.15) is 10.4 Å². The molecule has 0 unspecified atom stereocenters. The number of carboxylic acid groups (broad SMARTS) is 1. The zero-order valence-corrected chi connectivity index (χ0v) is 10.9. The van der Waals surface area contributed by atoms with Gasteiger partial charge in [-0.2, -0.15) is 0 Å². The summed E-state index contributed by atoms with van der Waals surface area (Å²) in [5.41, 5.74) is 0.110. The number of rotatable bonds is 4. The first kappa shape index (κ1) is 13.4. The van der Waals surface area contributed by atoms with Crippen LogP contribution in [0.15, 0.2) is 47.4 Å². The molecule has 0 aliphatic heterocycles. The molecule has 0 amide bonds. The summed E-state index contributed by atoms with van der Waals surface area (Å²) in [6.07, 6.45) is 1.80. The fourth-order valence-electron chi connectivity index (χ4n) is 1.61. The van der Waals surface area contributed by atoms with Crippen molar-refractivity contribution < 1.29 is 19.0 Å². The van der Waals surface area contributed by atoms with E-state index in [0.717, 1.165) is 0 Å². The van der Waals surface area contributed by atoms with Crippen LogP contribution in [0.3, 0.4) is 0 Å². The predicted octanol–water partition coefficient (Wildman–Crippen LogP) is 4.04. The second-order valence-electron chi connectivity index (χ2n) is 3.69. The van der Waals surface area contributed by atoms with Gasteiger partial charge < -0.3 is 9.84 Å². The van der Waals surface area contributed by atoms with Crippen LogP contribution in [0.2, 0.25) is 0 Å². The van der Waals surface area contributed by atoms with Crippen molar-refractivity contribution in [1.29, 1.82) is 0 Å². The van der Waals surface area contributed by atoms with Crippen molar-refractivity contribution >= 4 is 17.7 Å². The van der Waals surface area contributed by atoms with Gasteiger partial charge in [0.05, 0.1) is 0 Å². The van der Waals surface area contributed by atoms with Crippen molar-refractivity contribution in [3.63, 3.8) is 0 Å². The Kier molecular flexibility index (Phi) is 4.06. The molecule has 2 aromatic carbocycles. The molecule has 1 N–H and O–H groups in total. The van der Waals surface area contributed by atoms with E-state index in [-0.39, 0.29) is 17.1 Å². The average molecular weight is 278 g/mol. The molecule has 0 radical (unpaired) electrons. The maximum absolute atomic E-state index is 12.8. The van der Waals surface area contributed by atoms with E-state index in [1.807, 2.05) is 0 Å². The van der Waals surface area contributed by atoms with Crippen LogP contribution in [0.25, 0.3) is 0 Å². The average Bonchev–Trinajstić information content (AvgIpc) is 2.40. The summed E-state index contributed by atoms with van der Waals surface area (Å²) >= 11 is 1.33. The Bertz CT molecular complexity index is 596. The minimum atomic E-state index is -1.05. The standard InChI is InChI=1S/C14H11FO3S/c1-19-12-4-2-3-11(13(12)14(16)17)18-10-7-5-9(15)6-8-10/h2-8H,1H3,(H,16,17). The van der Waals surface area contributed by atoms with E-state index in [9.17, 15) is 14.3 Å². The third-order valence-electron chi connectivity index (χ3n) is 2.46. The number of hydrogen-bond acceptors (Lipinski definition) is 3. The lowest BCUT2D eigenvalue weighted by Gasteiger charge is -2.11. The van der Waals surface area contributed by atoms with Crippen LogP contribution < -0.4 is 4.74 Å². The lowest BCUT2D eigenvalue weighted by molar-refractivity contribution is 0.0690. The fourth-order valence-corrected chi connectivity index (χ4v) is 2.21. The van der Waals surface area contributed by atoms with Gasteiger partial charge in [-0.15, -0.1) is 11.8 Å². The molecule has 0 aliphatic rings. The second-order valence-corrected chi connectivity index (χ2v) is 4.54. The largest absolute Gasteiger partial charge is 0.478 e. The van der Waals surface area contributed by atoms with E-state index < -0.39 is 5.97 Å². The minimum absolute atomic E-state index is 0.110. The first-order valence-electron chi connectivity index (χ1n) is 5.45. The molecular formula is C14H11FO3S. The van der Waals surface area contributed by atoms with E-state index in [2.05, 4.69) is 0 Å². The molecule has 0 aromatic heterocycles. The van der Waals surface area contributed by atoms with Gasteiger partial charge in [0.1, 0.15) is 22.9 Å². The van der Waals surface area contributed by atoms with E-state index in [0.29, 0.717) is 10.6 Å². The van der Waals surface area contributed by atoms with Crippen LogP contribution in [0.5, 0.6) is 11.5 Å². The van der Waals surface area contributed by atoms with Gasteiger partial charge in [0.15, 0.2) is 0 Å². The Balaban J connectivity index is 2.39. The zero-order valence-electron chi connectivity index (χ0n) is 10.1. The fraction of sp³-hybridized carbons (Fsp3) is 0.0714. The Labute approximate surface area is 114 Å². The van der Waals surface area contributed by atoms with E-state index in [4.69, 9.17) is 4.74 Å². The molecule has 2 aromatic rings. The van der Waals surface area contributed by atoms with Gasteiger partial charge in [0, 0.05) is 4.90 Å². The molecule has 0 saturated carbocycles. The molecule has 19 heavy (non-hydrogen) atoms. The highest BCUT2D eigenvalue weighted by atomic mass is 32.2. The smallest absolute Gasteiger partial charge is 0.340 e. The Morgan fingerprint density at radius 3 is 2.47 bits per heavy atom. The van der Waals surface area contributed by atoms with Gasteiger partial charge >= 0.3 is 5.97 Å². The topological polar surface area (TPSA) is 46.5 Å². The number of carbonyl (C=O) groups is 1. The van der Waals surface area contributed by atoms with Crippen LogP contribution in [0, 0.1) is 5.82 Å². The molecule has 2 rings (SSSR count). The summed E-state index contributed by atoms with van der Waals surface area (Å²) in [5.74, 6) is -0.793. The maximum Gasteiger partial charge on any atom is 0.340 e. The number of benzene rings is 2. The molecule has 5 heteroatoms. The monoisotopic (exact) mass is 278 g/mol. The summed E-state index contributed by atoms with van der Waals surface area (Å²) in [7, 11) is 0. The predicted molar refractivity (Wildman–Crippen MR) is 71.7 cm³/mol. The summed E-state index contributed by atoms with van der Waals surface area (Å²) < 4.78 is 18.3. The van der Waals surface area contributed by atoms with Crippen LogP contribution in [-0.4, -0.2) is 17.3 Å². The lowest BCUT2D eigenvalue weighted by atomic mass is 10.2. The first-order valence-corrected chi connectivity index (χ1v) is 6.68. The van der Waals surface area contributed by atoms with Crippen molar-refractivity contribution in [3.05, 3.63) is 53.8 Å². The molecule has 0 saturated heterocycles. The van der Waals surface area contributed by atoms with E-state index >= 15 is 0 Å². The highest BCUT2D eigenvalue weighted by Gasteiger charge is 2.16. The lowest BCUT2D eigenvalue weighted by Crippen LogP contribution is -2.02. The third kappa shape index (κ3) is 3.06. The number of ether oxygens (including phenoxy) is 1. The maximum atomic E-state index is 12.8. The summed E-state index contributed by atoms with van der Waals surface area (Å²) in [6, 6.07) is 10.4. The first-order chi connectivity index (χ1) is 9.11. The van der Waals surface area contributed by atoms with Crippen LogP contribution >= 0.6 is 11.8 Å². The Morgan fingerprint density at radius 2 is 1.89 bits per heavy atom. The number of halogens is 1. The van der Waals surface area contributed by atoms with E-state index in [1.54, 1.807) is 24.5 Å². The molecule has 0 heterocycles. The highest BCUT2D eigenvalue weighted by Crippen LogP contribution is 2.32. The second kappa shape index (κ2) is 5.75. The van der Waals surface area contributed by atoms with Crippen molar-refractivity contribution in [1.82, 2.24) is 0 Å². The van der Waals surface area contributed by atoms with Gasteiger partial charge in [-0.05, 0) is 42.7 Å². The zero-order chi connectivity index (χ0) is 13.8. The molecule has 0 fully saturated rings. The van der Waals surface area contributed by atoms with Gasteiger partial charge in [-0.3, -0.25) is 0 Å². The number of carboxylic acids is 1. The Morgan fingerprint density at radius 1 is 1.21 bits per heavy atom. The number of hydrogen-bond donors (Lipinski definition) is 1. The number of thioether (sulfide) groups is 1. The SMILES string of the molecule is CSc1cccc(Oc2ccc(F)cc2)c1C(=O)O. The highest BCUT2D eigenvalue weighted by molar-refractivity contribution is 7.98. The van der Waals surface area contributed by atoms with Gasteiger partial charge in [0.2, 0.25) is 0 Å². The molecule has 0 spiro atoms. The van der Waals surface area contributed by atoms with Crippen molar-refractivity contribution in [2.24, 2.45) is 0 Å². The summed E-state index contributed by atoms with van der Waals surface area (Å²) in [5, 5.41) is 9.25. The van der Waals surface area contributed by atoms with Crippen LogP contribution in [-0.2, 0) is 0 Å². The van der Waals surface area contributed by atoms with Crippen molar-refractivity contribution in [2.75, 3.05) is 6.26 Å².